The second-order valence-corrected chi connectivity index (χ2v) is 8.85. The van der Waals surface area contributed by atoms with Crippen LogP contribution in [0.25, 0.3) is 0 Å². The van der Waals surface area contributed by atoms with Crippen molar-refractivity contribution in [3.05, 3.63) is 57.9 Å². The summed E-state index contributed by atoms with van der Waals surface area (Å²) in [6.07, 6.45) is 1.77. The van der Waals surface area contributed by atoms with Crippen LogP contribution in [0.4, 0.5) is 8.78 Å². The third-order valence-corrected chi connectivity index (χ3v) is 5.55. The highest BCUT2D eigenvalue weighted by Crippen LogP contribution is 2.46. The minimum absolute atomic E-state index is 0.0625. The molecule has 1 aliphatic carbocycles. The molecule has 168 valence electrons. The number of ketones is 1. The molecule has 0 aromatic heterocycles. The van der Waals surface area contributed by atoms with E-state index in [0.717, 1.165) is 24.3 Å². The van der Waals surface area contributed by atoms with Gasteiger partial charge in [0.2, 0.25) is 0 Å². The first kappa shape index (κ1) is 23.1. The Morgan fingerprint density at radius 1 is 1.16 bits per heavy atom. The van der Waals surface area contributed by atoms with E-state index >= 15 is 0 Å². The minimum Gasteiger partial charge on any atom is -0.460 e. The van der Waals surface area contributed by atoms with Gasteiger partial charge in [0.1, 0.15) is 6.61 Å². The van der Waals surface area contributed by atoms with E-state index < -0.39 is 23.5 Å². The van der Waals surface area contributed by atoms with Crippen LogP contribution >= 0.6 is 0 Å². The molecule has 2 aliphatic rings. The maximum Gasteiger partial charge on any atom is 0.336 e. The smallest absolute Gasteiger partial charge is 0.336 e. The first-order valence-electron chi connectivity index (χ1n) is 10.6. The van der Waals surface area contributed by atoms with Crippen LogP contribution < -0.4 is 5.32 Å². The third-order valence-electron chi connectivity index (χ3n) is 5.55. The lowest BCUT2D eigenvalue weighted by atomic mass is 9.68. The van der Waals surface area contributed by atoms with Gasteiger partial charge in [-0.15, -0.1) is 0 Å². The number of benzene rings is 1. The number of carbonyl (C=O) groups excluding carboxylic acids is 2. The Labute approximate surface area is 181 Å². The summed E-state index contributed by atoms with van der Waals surface area (Å²) in [5, 5.41) is 3.21. The Balaban J connectivity index is 1.99. The van der Waals surface area contributed by atoms with Gasteiger partial charge in [-0.1, -0.05) is 26.8 Å². The van der Waals surface area contributed by atoms with Crippen molar-refractivity contribution in [2.45, 2.75) is 52.9 Å². The highest BCUT2D eigenvalue weighted by atomic mass is 19.2. The monoisotopic (exact) mass is 433 g/mol. The number of dihydropyridines is 1. The van der Waals surface area contributed by atoms with Gasteiger partial charge in [-0.05, 0) is 42.9 Å². The summed E-state index contributed by atoms with van der Waals surface area (Å²) in [5.41, 5.74) is 2.01. The lowest BCUT2D eigenvalue weighted by molar-refractivity contribution is -0.141. The number of nitrogens with one attached hydrogen (secondary N) is 1. The third kappa shape index (κ3) is 5.03. The molecule has 1 aliphatic heterocycles. The molecular weight excluding hydrogens is 404 g/mol. The number of allylic oxidation sites excluding steroid dienone is 3. The molecule has 5 nitrogen and oxygen atoms in total. The van der Waals surface area contributed by atoms with Gasteiger partial charge in [-0.3, -0.25) is 4.79 Å². The van der Waals surface area contributed by atoms with Crippen molar-refractivity contribution in [2.24, 2.45) is 5.41 Å². The number of hydrogen-bond acceptors (Lipinski definition) is 5. The Morgan fingerprint density at radius 3 is 2.58 bits per heavy atom. The van der Waals surface area contributed by atoms with Crippen molar-refractivity contribution in [3.63, 3.8) is 0 Å². The number of rotatable bonds is 7. The minimum atomic E-state index is -1.03. The molecule has 0 fully saturated rings. The second-order valence-electron chi connectivity index (χ2n) is 8.85. The van der Waals surface area contributed by atoms with Gasteiger partial charge in [0.15, 0.2) is 17.4 Å². The zero-order valence-corrected chi connectivity index (χ0v) is 18.4. The van der Waals surface area contributed by atoms with Crippen LogP contribution in [-0.4, -0.2) is 31.6 Å². The molecule has 1 atom stereocenters. The lowest BCUT2D eigenvalue weighted by Gasteiger charge is -2.39. The molecule has 0 radical (unpaired) electrons. The Bertz CT molecular complexity index is 949. The van der Waals surface area contributed by atoms with E-state index in [1.54, 1.807) is 6.92 Å². The highest BCUT2D eigenvalue weighted by molar-refractivity contribution is 6.04. The van der Waals surface area contributed by atoms with E-state index in [4.69, 9.17) is 9.47 Å². The van der Waals surface area contributed by atoms with E-state index in [1.165, 1.54) is 6.07 Å². The van der Waals surface area contributed by atoms with E-state index in [0.29, 0.717) is 36.3 Å². The van der Waals surface area contributed by atoms with Gasteiger partial charge in [0.25, 0.3) is 0 Å². The summed E-state index contributed by atoms with van der Waals surface area (Å²) in [7, 11) is 0. The average molecular weight is 433 g/mol. The van der Waals surface area contributed by atoms with Crippen molar-refractivity contribution in [1.82, 2.24) is 5.32 Å². The molecule has 0 spiro atoms. The average Bonchev–Trinajstić information content (AvgIpc) is 2.67. The highest BCUT2D eigenvalue weighted by Gasteiger charge is 2.43. The molecular formula is C24H29F2NO4. The molecule has 1 heterocycles. The summed E-state index contributed by atoms with van der Waals surface area (Å²) >= 11 is 0. The fraction of sp³-hybridized carbons (Fsp3) is 0.500. The molecule has 1 N–H and O–H groups in total. The first-order valence-corrected chi connectivity index (χ1v) is 10.6. The molecule has 0 unspecified atom stereocenters. The summed E-state index contributed by atoms with van der Waals surface area (Å²) in [5.74, 6) is -3.55. The summed E-state index contributed by atoms with van der Waals surface area (Å²) in [4.78, 5) is 26.1. The molecule has 31 heavy (non-hydrogen) atoms. The van der Waals surface area contributed by atoms with Crippen molar-refractivity contribution >= 4 is 11.8 Å². The van der Waals surface area contributed by atoms with Crippen molar-refractivity contribution in [2.75, 3.05) is 19.8 Å². The second kappa shape index (κ2) is 9.30. The summed E-state index contributed by atoms with van der Waals surface area (Å²) in [6.45, 7) is 8.60. The van der Waals surface area contributed by atoms with Gasteiger partial charge in [-0.2, -0.15) is 0 Å². The zero-order valence-electron chi connectivity index (χ0n) is 18.4. The van der Waals surface area contributed by atoms with Gasteiger partial charge in [0.05, 0.1) is 12.2 Å². The fourth-order valence-electron chi connectivity index (χ4n) is 4.25. The number of hydrogen-bond donors (Lipinski definition) is 1. The largest absolute Gasteiger partial charge is 0.460 e. The van der Waals surface area contributed by atoms with Gasteiger partial charge in [-0.25, -0.2) is 13.6 Å². The number of esters is 1. The van der Waals surface area contributed by atoms with Gasteiger partial charge in [0, 0.05) is 35.9 Å². The summed E-state index contributed by atoms with van der Waals surface area (Å²) in [6, 6.07) is 3.48. The van der Waals surface area contributed by atoms with Crippen LogP contribution in [0.3, 0.4) is 0 Å². The molecule has 3 rings (SSSR count). The first-order chi connectivity index (χ1) is 14.6. The molecule has 0 saturated heterocycles. The normalized spacial score (nSPS) is 20.5. The molecule has 0 saturated carbocycles. The van der Waals surface area contributed by atoms with Crippen LogP contribution in [0.2, 0.25) is 0 Å². The SMILES string of the molecule is CCCOCCOC(=O)C1=C(C)NC2=C(C(=O)CC(C)(C)C2)[C@@H]1c1ccc(F)c(F)c1. The number of ether oxygens (including phenoxy) is 2. The number of carbonyl (C=O) groups is 2. The van der Waals surface area contributed by atoms with Gasteiger partial charge < -0.3 is 14.8 Å². The standard InChI is InChI=1S/C24H29F2NO4/c1-5-8-30-9-10-31-23(29)20-14(2)27-18-12-24(3,4)13-19(28)22(18)21(20)15-6-7-16(25)17(26)11-15/h6-7,11,21,27H,5,8-10,12-13H2,1-4H3/t21-/m1/s1. The van der Waals surface area contributed by atoms with Crippen LogP contribution in [-0.2, 0) is 19.1 Å². The van der Waals surface area contributed by atoms with Gasteiger partial charge >= 0.3 is 5.97 Å². The van der Waals surface area contributed by atoms with Crippen LogP contribution in [0, 0.1) is 17.0 Å². The van der Waals surface area contributed by atoms with Crippen LogP contribution in [0.15, 0.2) is 40.7 Å². The molecule has 1 aromatic rings. The van der Waals surface area contributed by atoms with E-state index in [-0.39, 0.29) is 30.0 Å². The quantitative estimate of drug-likeness (QED) is 0.505. The Morgan fingerprint density at radius 2 is 1.90 bits per heavy atom. The zero-order chi connectivity index (χ0) is 22.8. The van der Waals surface area contributed by atoms with Crippen molar-refractivity contribution < 1.29 is 27.8 Å². The molecule has 1 aromatic carbocycles. The molecule has 0 bridgehead atoms. The maximum absolute atomic E-state index is 14.1. The predicted molar refractivity (Wildman–Crippen MR) is 112 cm³/mol. The van der Waals surface area contributed by atoms with E-state index in [2.05, 4.69) is 5.32 Å². The fourth-order valence-corrected chi connectivity index (χ4v) is 4.25. The van der Waals surface area contributed by atoms with Crippen molar-refractivity contribution in [1.29, 1.82) is 0 Å². The van der Waals surface area contributed by atoms with Crippen molar-refractivity contribution in [3.8, 4) is 0 Å². The maximum atomic E-state index is 14.1. The predicted octanol–water partition coefficient (Wildman–Crippen LogP) is 4.54. The Hall–Kier alpha value is -2.54. The summed E-state index contributed by atoms with van der Waals surface area (Å²) < 4.78 is 38.4. The topological polar surface area (TPSA) is 64.6 Å². The van der Waals surface area contributed by atoms with E-state index in [9.17, 15) is 18.4 Å². The molecule has 0 amide bonds. The molecule has 7 heteroatoms. The van der Waals surface area contributed by atoms with E-state index in [1.807, 2.05) is 20.8 Å². The number of Topliss-reactive ketones (excluding diaryl/α,β-unsaturated/α-hetero) is 1. The Kier molecular flexibility index (Phi) is 6.94. The van der Waals surface area contributed by atoms with Crippen LogP contribution in [0.1, 0.15) is 58.4 Å². The van der Waals surface area contributed by atoms with Crippen LogP contribution in [0.5, 0.6) is 0 Å². The number of halogens is 2. The lowest BCUT2D eigenvalue weighted by Crippen LogP contribution is -2.38.